The lowest BCUT2D eigenvalue weighted by atomic mass is 9.98. The average Bonchev–Trinajstić information content (AvgIpc) is 2.42. The fraction of sp³-hybridized carbons (Fsp3) is 0.556. The highest BCUT2D eigenvalue weighted by atomic mass is 16.3. The van der Waals surface area contributed by atoms with Crippen LogP contribution in [0.15, 0.2) is 24.3 Å². The zero-order chi connectivity index (χ0) is 15.0. The Hall–Kier alpha value is -1.46. The molecule has 0 aliphatic heterocycles. The zero-order valence-corrected chi connectivity index (χ0v) is 13.2. The van der Waals surface area contributed by atoms with Crippen LogP contribution < -0.4 is 4.90 Å². The Balaban J connectivity index is 2.58. The Morgan fingerprint density at radius 3 is 2.30 bits per heavy atom. The summed E-state index contributed by atoms with van der Waals surface area (Å²) < 4.78 is 0. The highest BCUT2D eigenvalue weighted by Crippen LogP contribution is 2.15. The molecule has 1 atom stereocenters. The maximum atomic E-state index is 10.2. The van der Waals surface area contributed by atoms with Crippen molar-refractivity contribution in [2.24, 2.45) is 0 Å². The van der Waals surface area contributed by atoms with Crippen LogP contribution in [-0.4, -0.2) is 24.8 Å². The number of hydrogen-bond donors (Lipinski definition) is 1. The Bertz CT molecular complexity index is 449. The molecule has 0 radical (unpaired) electrons. The van der Waals surface area contributed by atoms with Crippen LogP contribution in [-0.2, 0) is 0 Å². The topological polar surface area (TPSA) is 23.5 Å². The number of hydrogen-bond acceptors (Lipinski definition) is 2. The van der Waals surface area contributed by atoms with E-state index in [4.69, 9.17) is 0 Å². The summed E-state index contributed by atoms with van der Waals surface area (Å²) in [7, 11) is 4.03. The lowest BCUT2D eigenvalue weighted by molar-refractivity contribution is 0.109. The molecule has 0 aliphatic carbocycles. The smallest absolute Gasteiger partial charge is 0.123 e. The van der Waals surface area contributed by atoms with Crippen molar-refractivity contribution in [3.8, 4) is 11.8 Å². The number of unbranched alkanes of at least 4 members (excludes halogenated alkanes) is 3. The predicted molar refractivity (Wildman–Crippen MR) is 87.0 cm³/mol. The van der Waals surface area contributed by atoms with E-state index in [1.807, 2.05) is 38.4 Å². The molecule has 110 valence electrons. The lowest BCUT2D eigenvalue weighted by Gasteiger charge is -2.15. The first-order valence-corrected chi connectivity index (χ1v) is 7.47. The van der Waals surface area contributed by atoms with Crippen LogP contribution in [0.1, 0.15) is 51.5 Å². The molecule has 0 saturated carbocycles. The predicted octanol–water partition coefficient (Wildman–Crippen LogP) is 3.83. The Morgan fingerprint density at radius 2 is 1.75 bits per heavy atom. The van der Waals surface area contributed by atoms with Gasteiger partial charge in [0.1, 0.15) is 5.60 Å². The third kappa shape index (κ3) is 6.12. The van der Waals surface area contributed by atoms with Crippen LogP contribution in [0, 0.1) is 11.8 Å². The summed E-state index contributed by atoms with van der Waals surface area (Å²) in [6.07, 6.45) is 5.40. The number of nitrogens with zero attached hydrogens (tertiary/aromatic N) is 1. The van der Waals surface area contributed by atoms with Crippen molar-refractivity contribution >= 4 is 5.69 Å². The second kappa shape index (κ2) is 7.97. The van der Waals surface area contributed by atoms with E-state index in [0.717, 1.165) is 24.1 Å². The standard InChI is InChI=1S/C18H27NO/c1-5-6-7-8-14-18(2,20)15-13-16-9-11-17(12-10-16)19(3)4/h9-12,20H,5-8,14H2,1-4H3. The minimum absolute atomic E-state index is 0.746. The molecule has 0 fully saturated rings. The van der Waals surface area contributed by atoms with E-state index in [1.54, 1.807) is 6.92 Å². The third-order valence-electron chi connectivity index (χ3n) is 3.38. The van der Waals surface area contributed by atoms with Gasteiger partial charge in [-0.05, 0) is 44.0 Å². The van der Waals surface area contributed by atoms with Crippen LogP contribution >= 0.6 is 0 Å². The molecule has 0 spiro atoms. The molecule has 0 aliphatic rings. The maximum Gasteiger partial charge on any atom is 0.123 e. The number of benzene rings is 1. The van der Waals surface area contributed by atoms with Gasteiger partial charge in [0.05, 0.1) is 0 Å². The van der Waals surface area contributed by atoms with Crippen molar-refractivity contribution in [2.45, 2.75) is 51.6 Å². The largest absolute Gasteiger partial charge is 0.378 e. The summed E-state index contributed by atoms with van der Waals surface area (Å²) in [5.74, 6) is 6.07. The van der Waals surface area contributed by atoms with Gasteiger partial charge in [0.15, 0.2) is 0 Å². The summed E-state index contributed by atoms with van der Waals surface area (Å²) in [6, 6.07) is 8.07. The van der Waals surface area contributed by atoms with Crippen LogP contribution in [0.5, 0.6) is 0 Å². The van der Waals surface area contributed by atoms with Gasteiger partial charge in [-0.25, -0.2) is 0 Å². The molecular weight excluding hydrogens is 246 g/mol. The quantitative estimate of drug-likeness (QED) is 0.629. The van der Waals surface area contributed by atoms with Crippen LogP contribution in [0.3, 0.4) is 0 Å². The molecule has 20 heavy (non-hydrogen) atoms. The molecule has 2 nitrogen and oxygen atoms in total. The summed E-state index contributed by atoms with van der Waals surface area (Å²) in [4.78, 5) is 2.06. The van der Waals surface area contributed by atoms with Gasteiger partial charge in [-0.2, -0.15) is 0 Å². The molecule has 0 amide bonds. The van der Waals surface area contributed by atoms with Crippen molar-refractivity contribution in [1.29, 1.82) is 0 Å². The van der Waals surface area contributed by atoms with Gasteiger partial charge in [0, 0.05) is 25.3 Å². The molecule has 0 bridgehead atoms. The van der Waals surface area contributed by atoms with Gasteiger partial charge >= 0.3 is 0 Å². The van der Waals surface area contributed by atoms with E-state index >= 15 is 0 Å². The molecule has 0 aromatic heterocycles. The monoisotopic (exact) mass is 273 g/mol. The van der Waals surface area contributed by atoms with Crippen molar-refractivity contribution < 1.29 is 5.11 Å². The van der Waals surface area contributed by atoms with Crippen molar-refractivity contribution in [1.82, 2.24) is 0 Å². The second-order valence-electron chi connectivity index (χ2n) is 5.78. The molecule has 2 heteroatoms. The maximum absolute atomic E-state index is 10.2. The first kappa shape index (κ1) is 16.6. The van der Waals surface area contributed by atoms with Gasteiger partial charge in [-0.3, -0.25) is 0 Å². The fourth-order valence-electron chi connectivity index (χ4n) is 2.01. The second-order valence-corrected chi connectivity index (χ2v) is 5.78. The molecule has 1 unspecified atom stereocenters. The van der Waals surface area contributed by atoms with E-state index in [-0.39, 0.29) is 0 Å². The summed E-state index contributed by atoms with van der Waals surface area (Å²) in [6.45, 7) is 4.00. The summed E-state index contributed by atoms with van der Waals surface area (Å²) >= 11 is 0. The first-order chi connectivity index (χ1) is 9.44. The van der Waals surface area contributed by atoms with Crippen LogP contribution in [0.25, 0.3) is 0 Å². The highest BCUT2D eigenvalue weighted by Gasteiger charge is 2.15. The van der Waals surface area contributed by atoms with E-state index < -0.39 is 5.60 Å². The summed E-state index contributed by atoms with van der Waals surface area (Å²) in [5, 5.41) is 10.2. The molecule has 1 aromatic carbocycles. The van der Waals surface area contributed by atoms with Gasteiger partial charge in [0.25, 0.3) is 0 Å². The molecule has 0 heterocycles. The zero-order valence-electron chi connectivity index (χ0n) is 13.2. The van der Waals surface area contributed by atoms with E-state index in [9.17, 15) is 5.11 Å². The van der Waals surface area contributed by atoms with Gasteiger partial charge < -0.3 is 10.0 Å². The number of anilines is 1. The molecule has 1 rings (SSSR count). The SMILES string of the molecule is CCCCCCC(C)(O)C#Cc1ccc(N(C)C)cc1. The number of rotatable bonds is 6. The first-order valence-electron chi connectivity index (χ1n) is 7.47. The third-order valence-corrected chi connectivity index (χ3v) is 3.38. The van der Waals surface area contributed by atoms with Crippen LogP contribution in [0.2, 0.25) is 0 Å². The minimum Gasteiger partial charge on any atom is -0.378 e. The molecule has 0 saturated heterocycles. The van der Waals surface area contributed by atoms with Gasteiger partial charge in [0.2, 0.25) is 0 Å². The van der Waals surface area contributed by atoms with E-state index in [0.29, 0.717) is 0 Å². The minimum atomic E-state index is -0.881. The van der Waals surface area contributed by atoms with Gasteiger partial charge in [-0.1, -0.05) is 38.0 Å². The van der Waals surface area contributed by atoms with Gasteiger partial charge in [-0.15, -0.1) is 0 Å². The normalized spacial score (nSPS) is 13.2. The molecule has 1 aromatic rings. The Morgan fingerprint density at radius 1 is 1.10 bits per heavy atom. The number of aliphatic hydroxyl groups is 1. The Labute approximate surface area is 123 Å². The summed E-state index contributed by atoms with van der Waals surface area (Å²) in [5.41, 5.74) is 1.22. The van der Waals surface area contributed by atoms with Crippen molar-refractivity contribution in [3.05, 3.63) is 29.8 Å². The average molecular weight is 273 g/mol. The fourth-order valence-corrected chi connectivity index (χ4v) is 2.01. The van der Waals surface area contributed by atoms with E-state index in [2.05, 4.69) is 23.7 Å². The van der Waals surface area contributed by atoms with Crippen molar-refractivity contribution in [2.75, 3.05) is 19.0 Å². The van der Waals surface area contributed by atoms with E-state index in [1.165, 1.54) is 19.3 Å². The molecule has 1 N–H and O–H groups in total. The van der Waals surface area contributed by atoms with Crippen molar-refractivity contribution in [3.63, 3.8) is 0 Å². The highest BCUT2D eigenvalue weighted by molar-refractivity contribution is 5.49. The molecular formula is C18H27NO. The Kier molecular flexibility index (Phi) is 6.61. The lowest BCUT2D eigenvalue weighted by Crippen LogP contribution is -2.21. The van der Waals surface area contributed by atoms with Crippen LogP contribution in [0.4, 0.5) is 5.69 Å².